The van der Waals surface area contributed by atoms with Crippen LogP contribution in [0.25, 0.3) is 10.6 Å². The highest BCUT2D eigenvalue weighted by atomic mass is 32.1. The van der Waals surface area contributed by atoms with Gasteiger partial charge >= 0.3 is 5.97 Å². The lowest BCUT2D eigenvalue weighted by molar-refractivity contribution is -0.136. The lowest BCUT2D eigenvalue weighted by atomic mass is 10.1. The molecule has 0 aliphatic rings. The van der Waals surface area contributed by atoms with E-state index in [0.717, 1.165) is 28.7 Å². The zero-order valence-electron chi connectivity index (χ0n) is 12.3. The van der Waals surface area contributed by atoms with Crippen LogP contribution in [0.4, 0.5) is 5.13 Å². The third kappa shape index (κ3) is 4.82. The zero-order valence-corrected chi connectivity index (χ0v) is 13.9. The molecule has 2 aromatic rings. The molecule has 21 heavy (non-hydrogen) atoms. The Kier molecular flexibility index (Phi) is 5.76. The molecule has 1 N–H and O–H groups in total. The molecule has 0 atom stereocenters. The van der Waals surface area contributed by atoms with E-state index in [0.29, 0.717) is 12.5 Å². The summed E-state index contributed by atoms with van der Waals surface area (Å²) >= 11 is 3.26. The second kappa shape index (κ2) is 7.56. The molecule has 2 rings (SSSR count). The number of rotatable bonds is 8. The third-order valence-corrected chi connectivity index (χ3v) is 4.90. The summed E-state index contributed by atoms with van der Waals surface area (Å²) in [5.41, 5.74) is 0.981. The van der Waals surface area contributed by atoms with E-state index < -0.39 is 5.97 Å². The summed E-state index contributed by atoms with van der Waals surface area (Å²) in [5.74, 6) is -0.173. The zero-order chi connectivity index (χ0) is 15.2. The van der Waals surface area contributed by atoms with Crippen molar-refractivity contribution in [3.63, 3.8) is 0 Å². The summed E-state index contributed by atoms with van der Waals surface area (Å²) < 4.78 is 0. The molecule has 0 aliphatic heterocycles. The van der Waals surface area contributed by atoms with Crippen LogP contribution in [-0.4, -0.2) is 29.1 Å². The fourth-order valence-electron chi connectivity index (χ4n) is 1.89. The van der Waals surface area contributed by atoms with Crippen LogP contribution in [0.3, 0.4) is 0 Å². The number of thiazole rings is 1. The van der Waals surface area contributed by atoms with Gasteiger partial charge in [-0.3, -0.25) is 4.79 Å². The maximum absolute atomic E-state index is 10.8. The summed E-state index contributed by atoms with van der Waals surface area (Å²) in [5, 5.41) is 13.9. The Morgan fingerprint density at radius 3 is 2.81 bits per heavy atom. The molecule has 4 nitrogen and oxygen atoms in total. The van der Waals surface area contributed by atoms with Crippen molar-refractivity contribution in [1.29, 1.82) is 0 Å². The third-order valence-electron chi connectivity index (χ3n) is 3.11. The van der Waals surface area contributed by atoms with Gasteiger partial charge in [0.15, 0.2) is 5.13 Å². The van der Waals surface area contributed by atoms with Crippen LogP contribution in [0.2, 0.25) is 0 Å². The second-order valence-corrected chi connectivity index (χ2v) is 7.09. The maximum Gasteiger partial charge on any atom is 0.305 e. The van der Waals surface area contributed by atoms with Gasteiger partial charge in [0.05, 0.1) is 17.0 Å². The van der Waals surface area contributed by atoms with Crippen molar-refractivity contribution in [3.8, 4) is 10.6 Å². The van der Waals surface area contributed by atoms with Gasteiger partial charge in [-0.2, -0.15) is 0 Å². The number of carboxylic acid groups (broad SMARTS) is 1. The van der Waals surface area contributed by atoms with Crippen LogP contribution in [-0.2, 0) is 4.79 Å². The maximum atomic E-state index is 10.8. The summed E-state index contributed by atoms with van der Waals surface area (Å²) in [7, 11) is 0. The Labute approximate surface area is 133 Å². The number of hydrogen-bond acceptors (Lipinski definition) is 5. The molecule has 0 saturated heterocycles. The summed E-state index contributed by atoms with van der Waals surface area (Å²) in [6.45, 7) is 5.71. The number of hydrogen-bond donors (Lipinski definition) is 1. The largest absolute Gasteiger partial charge is 0.481 e. The van der Waals surface area contributed by atoms with Crippen LogP contribution < -0.4 is 4.90 Å². The Morgan fingerprint density at radius 1 is 1.38 bits per heavy atom. The molecule has 0 radical (unpaired) electrons. The number of aromatic nitrogens is 1. The fraction of sp³-hybridized carbons (Fsp3) is 0.467. The van der Waals surface area contributed by atoms with Gasteiger partial charge in [0.2, 0.25) is 0 Å². The average molecular weight is 324 g/mol. The summed E-state index contributed by atoms with van der Waals surface area (Å²) in [6.07, 6.45) is 1.18. The first-order valence-electron chi connectivity index (χ1n) is 7.02. The molecule has 2 aromatic heterocycles. The first-order chi connectivity index (χ1) is 10.1. The first-order valence-corrected chi connectivity index (χ1v) is 8.78. The normalized spacial score (nSPS) is 11.0. The van der Waals surface area contributed by atoms with Crippen LogP contribution >= 0.6 is 22.7 Å². The molecule has 0 fully saturated rings. The highest BCUT2D eigenvalue weighted by Gasteiger charge is 2.14. The van der Waals surface area contributed by atoms with Gasteiger partial charge in [-0.25, -0.2) is 4.98 Å². The van der Waals surface area contributed by atoms with E-state index in [2.05, 4.69) is 29.8 Å². The average Bonchev–Trinajstić information content (AvgIpc) is 3.08. The summed E-state index contributed by atoms with van der Waals surface area (Å²) in [4.78, 5) is 18.7. The Bertz CT molecular complexity index is 564. The van der Waals surface area contributed by atoms with Crippen LogP contribution in [0.5, 0.6) is 0 Å². The Morgan fingerprint density at radius 2 is 2.19 bits per heavy atom. The molecular formula is C15H20N2O2S2. The van der Waals surface area contributed by atoms with Gasteiger partial charge in [0.25, 0.3) is 0 Å². The molecule has 114 valence electrons. The van der Waals surface area contributed by atoms with E-state index >= 15 is 0 Å². The minimum Gasteiger partial charge on any atom is -0.481 e. The van der Waals surface area contributed by atoms with Gasteiger partial charge < -0.3 is 10.0 Å². The number of thiophene rings is 1. The van der Waals surface area contributed by atoms with Gasteiger partial charge in [-0.15, -0.1) is 22.7 Å². The van der Waals surface area contributed by atoms with Crippen molar-refractivity contribution in [2.24, 2.45) is 5.92 Å². The van der Waals surface area contributed by atoms with E-state index in [9.17, 15) is 4.79 Å². The Balaban J connectivity index is 2.09. The number of carbonyl (C=O) groups is 1. The van der Waals surface area contributed by atoms with Crippen molar-refractivity contribution in [1.82, 2.24) is 4.98 Å². The van der Waals surface area contributed by atoms with Crippen LogP contribution in [0.1, 0.15) is 26.7 Å². The number of nitrogens with zero attached hydrogens (tertiary/aromatic N) is 2. The van der Waals surface area contributed by atoms with E-state index in [-0.39, 0.29) is 6.42 Å². The Hall–Kier alpha value is -1.40. The van der Waals surface area contributed by atoms with E-state index in [4.69, 9.17) is 5.11 Å². The van der Waals surface area contributed by atoms with Gasteiger partial charge in [0.1, 0.15) is 0 Å². The molecule has 6 heteroatoms. The number of anilines is 1. The fourth-order valence-corrected chi connectivity index (χ4v) is 3.53. The molecule has 0 bridgehead atoms. The molecule has 0 spiro atoms. The molecule has 2 heterocycles. The molecule has 0 saturated carbocycles. The van der Waals surface area contributed by atoms with Gasteiger partial charge in [0, 0.05) is 18.5 Å². The van der Waals surface area contributed by atoms with Crippen molar-refractivity contribution in [2.75, 3.05) is 18.0 Å². The first kappa shape index (κ1) is 16.0. The minimum absolute atomic E-state index is 0.145. The quantitative estimate of drug-likeness (QED) is 0.790. The molecule has 0 amide bonds. The van der Waals surface area contributed by atoms with Crippen molar-refractivity contribution >= 4 is 33.8 Å². The highest BCUT2D eigenvalue weighted by molar-refractivity contribution is 7.16. The lowest BCUT2D eigenvalue weighted by Gasteiger charge is -2.22. The predicted octanol–water partition coefficient (Wildman–Crippen LogP) is 4.20. The van der Waals surface area contributed by atoms with E-state index in [1.165, 1.54) is 0 Å². The SMILES string of the molecule is CC(C)CCN(CCC(=O)O)c1nc(-c2cccs2)cs1. The van der Waals surface area contributed by atoms with Gasteiger partial charge in [-0.05, 0) is 23.8 Å². The smallest absolute Gasteiger partial charge is 0.305 e. The monoisotopic (exact) mass is 324 g/mol. The molecule has 0 aliphatic carbocycles. The number of carboxylic acids is 1. The van der Waals surface area contributed by atoms with Crippen LogP contribution in [0, 0.1) is 5.92 Å². The van der Waals surface area contributed by atoms with E-state index in [1.54, 1.807) is 22.7 Å². The van der Waals surface area contributed by atoms with Crippen molar-refractivity contribution in [2.45, 2.75) is 26.7 Å². The van der Waals surface area contributed by atoms with Crippen molar-refractivity contribution in [3.05, 3.63) is 22.9 Å². The summed E-state index contributed by atoms with van der Waals surface area (Å²) in [6, 6.07) is 4.07. The number of aliphatic carboxylic acids is 1. The van der Waals surface area contributed by atoms with Crippen LogP contribution in [0.15, 0.2) is 22.9 Å². The molecule has 0 aromatic carbocycles. The van der Waals surface area contributed by atoms with Gasteiger partial charge in [-0.1, -0.05) is 19.9 Å². The predicted molar refractivity (Wildman–Crippen MR) is 89.3 cm³/mol. The van der Waals surface area contributed by atoms with E-state index in [1.807, 2.05) is 16.8 Å². The molecule has 0 unspecified atom stereocenters. The topological polar surface area (TPSA) is 53.4 Å². The molecular weight excluding hydrogens is 304 g/mol. The lowest BCUT2D eigenvalue weighted by Crippen LogP contribution is -2.28. The van der Waals surface area contributed by atoms with Crippen molar-refractivity contribution < 1.29 is 9.90 Å². The second-order valence-electron chi connectivity index (χ2n) is 5.31. The standard InChI is InChI=1S/C15H20N2O2S2/c1-11(2)5-7-17(8-6-14(18)19)15-16-12(10-21-15)13-4-3-9-20-13/h3-4,9-11H,5-8H2,1-2H3,(H,18,19). The minimum atomic E-state index is -0.764. The highest BCUT2D eigenvalue weighted by Crippen LogP contribution is 2.30.